The van der Waals surface area contributed by atoms with E-state index in [2.05, 4.69) is 15.3 Å². The first kappa shape index (κ1) is 13.3. The maximum Gasteiger partial charge on any atom is 0.251 e. The monoisotopic (exact) mass is 280 g/mol. The maximum atomic E-state index is 12.2. The Kier molecular flexibility index (Phi) is 3.66. The van der Waals surface area contributed by atoms with Crippen LogP contribution in [0.4, 0.5) is 0 Å². The van der Waals surface area contributed by atoms with Gasteiger partial charge in [0.1, 0.15) is 0 Å². The number of hydrogen-bond donors (Lipinski definition) is 3. The third-order valence-corrected chi connectivity index (χ3v) is 3.46. The molecule has 3 rings (SSSR count). The molecule has 0 saturated heterocycles. The van der Waals surface area contributed by atoms with Gasteiger partial charge in [-0.15, -0.1) is 0 Å². The van der Waals surface area contributed by atoms with Gasteiger partial charge in [0.05, 0.1) is 17.4 Å². The fraction of sp³-hybridized carbons (Fsp3) is 0.125. The number of nitrogens with one attached hydrogen (secondary N) is 2. The Hall–Kier alpha value is -2.66. The van der Waals surface area contributed by atoms with Crippen LogP contribution >= 0.6 is 0 Å². The van der Waals surface area contributed by atoms with Crippen molar-refractivity contribution in [3.05, 3.63) is 65.5 Å². The number of fused-ring (bicyclic) bond motifs is 1. The molecule has 0 aliphatic heterocycles. The van der Waals surface area contributed by atoms with Gasteiger partial charge in [-0.25, -0.2) is 4.98 Å². The van der Waals surface area contributed by atoms with Crippen molar-refractivity contribution in [1.82, 2.24) is 15.3 Å². The Bertz CT molecular complexity index is 779. The van der Waals surface area contributed by atoms with Gasteiger partial charge >= 0.3 is 0 Å². The zero-order valence-electron chi connectivity index (χ0n) is 11.5. The summed E-state index contributed by atoms with van der Waals surface area (Å²) in [5.74, 6) is -0.113. The molecule has 0 aliphatic rings. The largest absolute Gasteiger partial charge is 0.348 e. The van der Waals surface area contributed by atoms with E-state index in [1.54, 1.807) is 18.5 Å². The van der Waals surface area contributed by atoms with Gasteiger partial charge in [0.2, 0.25) is 0 Å². The van der Waals surface area contributed by atoms with Gasteiger partial charge in [-0.05, 0) is 29.3 Å². The number of nitrogens with two attached hydrogens (primary N) is 1. The van der Waals surface area contributed by atoms with Gasteiger partial charge in [0.25, 0.3) is 5.91 Å². The number of carbonyl (C=O) groups excluding carboxylic acids is 1. The van der Waals surface area contributed by atoms with Crippen molar-refractivity contribution < 1.29 is 4.79 Å². The molecule has 0 aliphatic carbocycles. The smallest absolute Gasteiger partial charge is 0.251 e. The molecule has 0 unspecified atom stereocenters. The summed E-state index contributed by atoms with van der Waals surface area (Å²) >= 11 is 0. The van der Waals surface area contributed by atoms with E-state index in [9.17, 15) is 4.79 Å². The summed E-state index contributed by atoms with van der Waals surface area (Å²) < 4.78 is 0. The highest BCUT2D eigenvalue weighted by Crippen LogP contribution is 2.12. The summed E-state index contributed by atoms with van der Waals surface area (Å²) in [6.07, 6.45) is 1.61. The van der Waals surface area contributed by atoms with Crippen LogP contribution in [-0.4, -0.2) is 15.9 Å². The molecular weight excluding hydrogens is 264 g/mol. The Morgan fingerprint density at radius 2 is 2.00 bits per heavy atom. The summed E-state index contributed by atoms with van der Waals surface area (Å²) in [6.45, 7) is 0.930. The number of aromatic amines is 1. The first-order valence-corrected chi connectivity index (χ1v) is 6.76. The van der Waals surface area contributed by atoms with Crippen molar-refractivity contribution in [2.24, 2.45) is 5.73 Å². The number of aromatic nitrogens is 2. The molecule has 1 aromatic heterocycles. The van der Waals surface area contributed by atoms with Gasteiger partial charge in [0, 0.05) is 18.7 Å². The number of nitrogens with zero attached hydrogens (tertiary/aromatic N) is 1. The Labute approximate surface area is 122 Å². The summed E-state index contributed by atoms with van der Waals surface area (Å²) in [5.41, 5.74) is 10.1. The van der Waals surface area contributed by atoms with E-state index in [4.69, 9.17) is 5.73 Å². The second-order valence-electron chi connectivity index (χ2n) is 4.79. The van der Waals surface area contributed by atoms with Crippen molar-refractivity contribution in [1.29, 1.82) is 0 Å². The maximum absolute atomic E-state index is 12.2. The van der Waals surface area contributed by atoms with Crippen LogP contribution in [0.2, 0.25) is 0 Å². The highest BCUT2D eigenvalue weighted by Gasteiger charge is 2.08. The number of rotatable bonds is 4. The minimum atomic E-state index is -0.113. The van der Waals surface area contributed by atoms with Gasteiger partial charge in [-0.2, -0.15) is 0 Å². The standard InChI is InChI=1S/C16H16N4O/c17-8-12-3-1-2-4-13(12)9-18-16(21)11-5-6-14-15(7-11)20-10-19-14/h1-7,10H,8-9,17H2,(H,18,21)(H,19,20). The number of carbonyl (C=O) groups is 1. The zero-order valence-corrected chi connectivity index (χ0v) is 11.5. The highest BCUT2D eigenvalue weighted by atomic mass is 16.1. The zero-order chi connectivity index (χ0) is 14.7. The SMILES string of the molecule is NCc1ccccc1CNC(=O)c1ccc2nc[nH]c2c1. The van der Waals surface area contributed by atoms with Gasteiger partial charge in [-0.1, -0.05) is 24.3 Å². The van der Waals surface area contributed by atoms with Crippen LogP contribution in [0.5, 0.6) is 0 Å². The molecule has 5 nitrogen and oxygen atoms in total. The molecule has 0 radical (unpaired) electrons. The highest BCUT2D eigenvalue weighted by molar-refractivity contribution is 5.97. The van der Waals surface area contributed by atoms with E-state index in [-0.39, 0.29) is 5.91 Å². The van der Waals surface area contributed by atoms with Crippen molar-refractivity contribution in [3.63, 3.8) is 0 Å². The molecule has 0 fully saturated rings. The summed E-state index contributed by atoms with van der Waals surface area (Å²) in [4.78, 5) is 19.3. The van der Waals surface area contributed by atoms with E-state index in [0.29, 0.717) is 18.7 Å². The number of hydrogen-bond acceptors (Lipinski definition) is 3. The normalized spacial score (nSPS) is 10.7. The lowest BCUT2D eigenvalue weighted by atomic mass is 10.1. The Morgan fingerprint density at radius 3 is 2.81 bits per heavy atom. The first-order valence-electron chi connectivity index (χ1n) is 6.76. The molecule has 3 aromatic rings. The molecular formula is C16H16N4O. The number of benzene rings is 2. The molecule has 1 amide bonds. The Balaban J connectivity index is 1.74. The molecule has 0 bridgehead atoms. The molecule has 2 aromatic carbocycles. The predicted octanol–water partition coefficient (Wildman–Crippen LogP) is 1.95. The molecule has 0 saturated carbocycles. The van der Waals surface area contributed by atoms with Crippen molar-refractivity contribution in [3.8, 4) is 0 Å². The van der Waals surface area contributed by atoms with Crippen LogP contribution in [0.25, 0.3) is 11.0 Å². The van der Waals surface area contributed by atoms with Crippen LogP contribution < -0.4 is 11.1 Å². The van der Waals surface area contributed by atoms with Crippen LogP contribution in [0, 0.1) is 0 Å². The molecule has 0 atom stereocenters. The van der Waals surface area contributed by atoms with Crippen molar-refractivity contribution in [2.45, 2.75) is 13.1 Å². The van der Waals surface area contributed by atoms with E-state index in [0.717, 1.165) is 22.2 Å². The summed E-state index contributed by atoms with van der Waals surface area (Å²) in [6, 6.07) is 13.2. The van der Waals surface area contributed by atoms with E-state index >= 15 is 0 Å². The lowest BCUT2D eigenvalue weighted by Gasteiger charge is -2.09. The first-order chi connectivity index (χ1) is 10.3. The number of H-pyrrole nitrogens is 1. The molecule has 5 heteroatoms. The van der Waals surface area contributed by atoms with Crippen LogP contribution in [0.15, 0.2) is 48.8 Å². The van der Waals surface area contributed by atoms with E-state index < -0.39 is 0 Å². The topological polar surface area (TPSA) is 83.8 Å². The lowest BCUT2D eigenvalue weighted by Crippen LogP contribution is -2.23. The quantitative estimate of drug-likeness (QED) is 0.683. The molecule has 106 valence electrons. The Morgan fingerprint density at radius 1 is 1.19 bits per heavy atom. The summed E-state index contributed by atoms with van der Waals surface area (Å²) in [7, 11) is 0. The van der Waals surface area contributed by atoms with Gasteiger partial charge < -0.3 is 16.0 Å². The average Bonchev–Trinajstić information content (AvgIpc) is 3.00. The van der Waals surface area contributed by atoms with Crippen molar-refractivity contribution in [2.75, 3.05) is 0 Å². The molecule has 21 heavy (non-hydrogen) atoms. The van der Waals surface area contributed by atoms with E-state index in [1.165, 1.54) is 0 Å². The fourth-order valence-electron chi connectivity index (χ4n) is 2.28. The average molecular weight is 280 g/mol. The summed E-state index contributed by atoms with van der Waals surface area (Å²) in [5, 5.41) is 2.92. The van der Waals surface area contributed by atoms with Gasteiger partial charge in [0.15, 0.2) is 0 Å². The number of amides is 1. The van der Waals surface area contributed by atoms with Crippen molar-refractivity contribution >= 4 is 16.9 Å². The van der Waals surface area contributed by atoms with Crippen LogP contribution in [0.1, 0.15) is 21.5 Å². The predicted molar refractivity (Wildman–Crippen MR) is 81.6 cm³/mol. The molecule has 4 N–H and O–H groups in total. The molecule has 1 heterocycles. The fourth-order valence-corrected chi connectivity index (χ4v) is 2.28. The number of imidazole rings is 1. The van der Waals surface area contributed by atoms with E-state index in [1.807, 2.05) is 30.3 Å². The second-order valence-corrected chi connectivity index (χ2v) is 4.79. The second kappa shape index (κ2) is 5.76. The van der Waals surface area contributed by atoms with Crippen LogP contribution in [-0.2, 0) is 13.1 Å². The lowest BCUT2D eigenvalue weighted by molar-refractivity contribution is 0.0951. The van der Waals surface area contributed by atoms with Crippen LogP contribution in [0.3, 0.4) is 0 Å². The third-order valence-electron chi connectivity index (χ3n) is 3.46. The van der Waals surface area contributed by atoms with Gasteiger partial charge in [-0.3, -0.25) is 4.79 Å². The minimum Gasteiger partial charge on any atom is -0.348 e. The third kappa shape index (κ3) is 2.78. The minimum absolute atomic E-state index is 0.113. The molecule has 0 spiro atoms.